The summed E-state index contributed by atoms with van der Waals surface area (Å²) in [5.41, 5.74) is -0.887. The molecule has 0 bridgehead atoms. The lowest BCUT2D eigenvalue weighted by Crippen LogP contribution is -1.95. The minimum Gasteiger partial charge on any atom is -0.394 e. The van der Waals surface area contributed by atoms with Crippen molar-refractivity contribution >= 4 is 17.0 Å². The number of nitrogens with zero attached hydrogens (tertiary/aromatic N) is 1. The summed E-state index contributed by atoms with van der Waals surface area (Å²) in [7, 11) is 0. The van der Waals surface area contributed by atoms with E-state index in [1.54, 1.807) is 0 Å². The molecule has 1 N–H and O–H groups in total. The highest BCUT2D eigenvalue weighted by Gasteiger charge is 1.98. The lowest BCUT2D eigenvalue weighted by Gasteiger charge is -1.88. The van der Waals surface area contributed by atoms with E-state index < -0.39 is 5.43 Å². The molecule has 0 amide bonds. The lowest BCUT2D eigenvalue weighted by atomic mass is 10.7. The third-order valence-corrected chi connectivity index (χ3v) is 0.737. The fourth-order valence-corrected chi connectivity index (χ4v) is 0.465. The van der Waals surface area contributed by atoms with Crippen LogP contribution in [0.2, 0.25) is 0 Å². The Balaban J connectivity index is 2.58. The van der Waals surface area contributed by atoms with E-state index in [9.17, 15) is 4.79 Å². The predicted octanol–water partition coefficient (Wildman–Crippen LogP) is 1.15. The van der Waals surface area contributed by atoms with Crippen LogP contribution in [0.25, 0.3) is 0 Å². The van der Waals surface area contributed by atoms with Gasteiger partial charge in [-0.2, -0.15) is 0 Å². The number of halogens is 1. The number of aromatic amines is 1. The summed E-state index contributed by atoms with van der Waals surface area (Å²) in [6.07, 6.45) is 1.52. The topological polar surface area (TPSA) is 55.0 Å². The molecule has 4 nitrogen and oxygen atoms in total. The van der Waals surface area contributed by atoms with Crippen LogP contribution in [0.1, 0.15) is 0 Å². The third kappa shape index (κ3) is 1.73. The van der Waals surface area contributed by atoms with E-state index >= 15 is 0 Å². The van der Waals surface area contributed by atoms with E-state index in [-0.39, 0.29) is 5.88 Å². The molecule has 0 spiro atoms. The van der Waals surface area contributed by atoms with Crippen LogP contribution in [0.3, 0.4) is 0 Å². The number of carbonyl (C=O) groups excluding carboxylic acids is 1. The van der Waals surface area contributed by atoms with Crippen molar-refractivity contribution in [2.75, 3.05) is 0 Å². The van der Waals surface area contributed by atoms with Gasteiger partial charge in [-0.05, 0) is 0 Å². The number of aromatic nitrogens is 2. The molecule has 0 aliphatic heterocycles. The average Bonchev–Trinajstić information content (AvgIpc) is 2.15. The van der Waals surface area contributed by atoms with Crippen LogP contribution in [-0.4, -0.2) is 15.6 Å². The largest absolute Gasteiger partial charge is 0.410 e. The standard InChI is InChI=1S/C4H3ClN2O2/c5-4(8)9-3-1-2-6-7-3/h1-2H,(H,6,7). The molecule has 0 saturated heterocycles. The zero-order valence-electron chi connectivity index (χ0n) is 4.30. The van der Waals surface area contributed by atoms with E-state index in [0.29, 0.717) is 0 Å². The molecular weight excluding hydrogens is 144 g/mol. The molecule has 0 unspecified atom stereocenters. The fraction of sp³-hybridized carbons (Fsp3) is 0. The van der Waals surface area contributed by atoms with Gasteiger partial charge < -0.3 is 4.74 Å². The Kier molecular flexibility index (Phi) is 1.69. The van der Waals surface area contributed by atoms with Crippen molar-refractivity contribution in [3.63, 3.8) is 0 Å². The van der Waals surface area contributed by atoms with E-state index in [0.717, 1.165) is 0 Å². The second-order valence-electron chi connectivity index (χ2n) is 1.25. The molecule has 1 aromatic heterocycles. The summed E-state index contributed by atoms with van der Waals surface area (Å²) in [5.74, 6) is 0.176. The van der Waals surface area contributed by atoms with Gasteiger partial charge in [0, 0.05) is 23.9 Å². The minimum atomic E-state index is -0.887. The van der Waals surface area contributed by atoms with Crippen LogP contribution in [0.15, 0.2) is 12.3 Å². The van der Waals surface area contributed by atoms with Crippen LogP contribution in [-0.2, 0) is 0 Å². The molecule has 0 aliphatic carbocycles. The predicted molar refractivity (Wildman–Crippen MR) is 30.5 cm³/mol. The highest BCUT2D eigenvalue weighted by Crippen LogP contribution is 2.03. The van der Waals surface area contributed by atoms with Crippen molar-refractivity contribution in [2.45, 2.75) is 0 Å². The molecule has 1 rings (SSSR count). The Bertz CT molecular complexity index is 196. The molecule has 1 heterocycles. The zero-order valence-corrected chi connectivity index (χ0v) is 5.05. The number of hydrogen-bond donors (Lipinski definition) is 1. The number of ether oxygens (including phenoxy) is 1. The number of H-pyrrole nitrogens is 1. The van der Waals surface area contributed by atoms with Crippen molar-refractivity contribution in [1.82, 2.24) is 10.2 Å². The van der Waals surface area contributed by atoms with Gasteiger partial charge in [-0.25, -0.2) is 4.79 Å². The van der Waals surface area contributed by atoms with Crippen LogP contribution >= 0.6 is 11.6 Å². The Morgan fingerprint density at radius 1 is 1.89 bits per heavy atom. The average molecular weight is 147 g/mol. The molecule has 0 fully saturated rings. The summed E-state index contributed by atoms with van der Waals surface area (Å²) >= 11 is 4.85. The highest BCUT2D eigenvalue weighted by atomic mass is 35.5. The molecule has 0 atom stereocenters. The quantitative estimate of drug-likeness (QED) is 0.605. The van der Waals surface area contributed by atoms with Gasteiger partial charge in [0.15, 0.2) is 0 Å². The van der Waals surface area contributed by atoms with E-state index in [1.807, 2.05) is 0 Å². The Morgan fingerprint density at radius 3 is 3.11 bits per heavy atom. The lowest BCUT2D eigenvalue weighted by molar-refractivity contribution is 0.224. The van der Waals surface area contributed by atoms with Gasteiger partial charge in [-0.3, -0.25) is 5.10 Å². The molecule has 48 valence electrons. The first-order valence-corrected chi connectivity index (χ1v) is 2.54. The summed E-state index contributed by atoms with van der Waals surface area (Å²) < 4.78 is 4.34. The number of nitrogens with one attached hydrogen (secondary N) is 1. The number of rotatable bonds is 1. The molecular formula is C4H3ClN2O2. The smallest absolute Gasteiger partial charge is 0.394 e. The minimum absolute atomic E-state index is 0.176. The van der Waals surface area contributed by atoms with Crippen molar-refractivity contribution in [3.8, 4) is 5.88 Å². The van der Waals surface area contributed by atoms with Gasteiger partial charge in [-0.15, -0.1) is 5.10 Å². The third-order valence-electron chi connectivity index (χ3n) is 0.660. The maximum absolute atomic E-state index is 10.0. The van der Waals surface area contributed by atoms with Gasteiger partial charge in [0.1, 0.15) is 0 Å². The summed E-state index contributed by atoms with van der Waals surface area (Å²) in [4.78, 5) is 10.0. The number of carbonyl (C=O) groups is 1. The Hall–Kier alpha value is -1.03. The second-order valence-corrected chi connectivity index (χ2v) is 1.56. The SMILES string of the molecule is O=C(Cl)Oc1cc[nH]n1. The maximum atomic E-state index is 10.0. The van der Waals surface area contributed by atoms with E-state index in [4.69, 9.17) is 11.6 Å². The summed E-state index contributed by atoms with van der Waals surface area (Å²) in [5, 5.41) is 5.95. The van der Waals surface area contributed by atoms with Gasteiger partial charge in [0.05, 0.1) is 0 Å². The maximum Gasteiger partial charge on any atom is 0.410 e. The van der Waals surface area contributed by atoms with Crippen LogP contribution in [0, 0.1) is 0 Å². The molecule has 0 radical (unpaired) electrons. The molecule has 0 aromatic carbocycles. The molecule has 0 aliphatic rings. The van der Waals surface area contributed by atoms with Crippen molar-refractivity contribution < 1.29 is 9.53 Å². The molecule has 0 saturated carbocycles. The van der Waals surface area contributed by atoms with Crippen molar-refractivity contribution in [3.05, 3.63) is 12.3 Å². The van der Waals surface area contributed by atoms with Gasteiger partial charge in [0.25, 0.3) is 0 Å². The first-order chi connectivity index (χ1) is 4.29. The van der Waals surface area contributed by atoms with Gasteiger partial charge >= 0.3 is 5.43 Å². The summed E-state index contributed by atoms with van der Waals surface area (Å²) in [6, 6.07) is 1.49. The first-order valence-electron chi connectivity index (χ1n) is 2.16. The highest BCUT2D eigenvalue weighted by molar-refractivity contribution is 6.61. The molecule has 9 heavy (non-hydrogen) atoms. The zero-order chi connectivity index (χ0) is 6.69. The first kappa shape index (κ1) is 6.10. The Labute approximate surface area is 55.8 Å². The van der Waals surface area contributed by atoms with Crippen molar-refractivity contribution in [1.29, 1.82) is 0 Å². The van der Waals surface area contributed by atoms with Crippen LogP contribution in [0.4, 0.5) is 4.79 Å². The van der Waals surface area contributed by atoms with Crippen LogP contribution in [0.5, 0.6) is 5.88 Å². The van der Waals surface area contributed by atoms with Crippen molar-refractivity contribution in [2.24, 2.45) is 0 Å². The second kappa shape index (κ2) is 2.50. The Morgan fingerprint density at radius 2 is 2.67 bits per heavy atom. The monoisotopic (exact) mass is 146 g/mol. The van der Waals surface area contributed by atoms with Crippen LogP contribution < -0.4 is 4.74 Å². The summed E-state index contributed by atoms with van der Waals surface area (Å²) in [6.45, 7) is 0. The van der Waals surface area contributed by atoms with Gasteiger partial charge in [-0.1, -0.05) is 0 Å². The molecule has 5 heteroatoms. The molecule has 1 aromatic rings. The van der Waals surface area contributed by atoms with E-state index in [1.165, 1.54) is 12.3 Å². The normalized spacial score (nSPS) is 9.00. The van der Waals surface area contributed by atoms with E-state index in [2.05, 4.69) is 14.9 Å². The van der Waals surface area contributed by atoms with Gasteiger partial charge in [0.2, 0.25) is 5.88 Å². The number of hydrogen-bond acceptors (Lipinski definition) is 3. The fourth-order valence-electron chi connectivity index (χ4n) is 0.386.